The van der Waals surface area contributed by atoms with E-state index in [-0.39, 0.29) is 0 Å². The summed E-state index contributed by atoms with van der Waals surface area (Å²) in [6.45, 7) is 11.1. The van der Waals surface area contributed by atoms with Gasteiger partial charge in [-0.3, -0.25) is 0 Å². The lowest BCUT2D eigenvalue weighted by Crippen LogP contribution is -2.23. The van der Waals surface area contributed by atoms with Crippen LogP contribution in [-0.4, -0.2) is 79.7 Å². The molecule has 0 spiro atoms. The van der Waals surface area contributed by atoms with E-state index in [1.54, 1.807) is 0 Å². The van der Waals surface area contributed by atoms with Crippen LogP contribution in [0.1, 0.15) is 26.0 Å². The summed E-state index contributed by atoms with van der Waals surface area (Å²) >= 11 is 0. The van der Waals surface area contributed by atoms with Crippen molar-refractivity contribution in [1.82, 2.24) is 19.9 Å². The van der Waals surface area contributed by atoms with Gasteiger partial charge >= 0.3 is 0 Å². The number of hydrogen-bond acceptors (Lipinski definition) is 6. The molecule has 0 aliphatic heterocycles. The van der Waals surface area contributed by atoms with E-state index in [1.165, 1.54) is 0 Å². The van der Waals surface area contributed by atoms with Crippen LogP contribution in [0.15, 0.2) is 6.20 Å². The number of rotatable bonds is 15. The number of likely N-dealkylation sites (N-methyl/N-ethyl adjacent to an activating group) is 1. The van der Waals surface area contributed by atoms with Crippen LogP contribution in [0.3, 0.4) is 0 Å². The van der Waals surface area contributed by atoms with Crippen molar-refractivity contribution in [2.24, 2.45) is 0 Å². The van der Waals surface area contributed by atoms with Gasteiger partial charge in [0.15, 0.2) is 0 Å². The molecule has 1 aromatic rings. The summed E-state index contributed by atoms with van der Waals surface area (Å²) in [6, 6.07) is 0. The molecule has 0 fully saturated rings. The third-order valence-corrected chi connectivity index (χ3v) is 3.43. The van der Waals surface area contributed by atoms with E-state index in [1.807, 2.05) is 10.9 Å². The zero-order valence-electron chi connectivity index (χ0n) is 14.9. The largest absolute Gasteiger partial charge is 0.380 e. The molecule has 1 aromatic heterocycles. The quantitative estimate of drug-likeness (QED) is 0.451. The van der Waals surface area contributed by atoms with Crippen molar-refractivity contribution in [2.45, 2.75) is 33.2 Å². The van der Waals surface area contributed by atoms with Gasteiger partial charge in [0, 0.05) is 25.8 Å². The van der Waals surface area contributed by atoms with Crippen molar-refractivity contribution in [3.05, 3.63) is 11.9 Å². The summed E-state index contributed by atoms with van der Waals surface area (Å²) in [5.41, 5.74) is 0.950. The molecule has 0 unspecified atom stereocenters. The molecule has 0 aliphatic rings. The van der Waals surface area contributed by atoms with Crippen LogP contribution in [0.5, 0.6) is 0 Å². The monoisotopic (exact) mass is 328 g/mol. The summed E-state index contributed by atoms with van der Waals surface area (Å²) in [6.07, 6.45) is 3.77. The zero-order valence-corrected chi connectivity index (χ0v) is 14.9. The van der Waals surface area contributed by atoms with Crippen LogP contribution in [0, 0.1) is 0 Å². The van der Waals surface area contributed by atoms with Crippen molar-refractivity contribution in [2.75, 3.05) is 59.8 Å². The van der Waals surface area contributed by atoms with Gasteiger partial charge in [0.2, 0.25) is 0 Å². The van der Waals surface area contributed by atoms with Gasteiger partial charge in [-0.05, 0) is 20.0 Å². The van der Waals surface area contributed by atoms with Gasteiger partial charge in [-0.1, -0.05) is 19.1 Å². The highest BCUT2D eigenvalue weighted by atomic mass is 16.5. The number of nitrogens with zero attached hydrogens (tertiary/aromatic N) is 4. The first-order valence-corrected chi connectivity index (χ1v) is 8.57. The molecule has 0 amide bonds. The fourth-order valence-electron chi connectivity index (χ4n) is 1.84. The van der Waals surface area contributed by atoms with Crippen LogP contribution in [0.25, 0.3) is 0 Å². The first-order valence-electron chi connectivity index (χ1n) is 8.57. The molecule has 0 aliphatic carbocycles. The summed E-state index contributed by atoms with van der Waals surface area (Å²) in [7, 11) is 2.09. The van der Waals surface area contributed by atoms with Crippen LogP contribution in [0.4, 0.5) is 0 Å². The second-order valence-corrected chi connectivity index (χ2v) is 5.46. The Morgan fingerprint density at radius 3 is 2.48 bits per heavy atom. The molecule has 0 N–H and O–H groups in total. The Balaban J connectivity index is 1.96. The fourth-order valence-corrected chi connectivity index (χ4v) is 1.84. The van der Waals surface area contributed by atoms with E-state index in [2.05, 4.69) is 36.1 Å². The van der Waals surface area contributed by atoms with Gasteiger partial charge in [-0.2, -0.15) is 0 Å². The first-order chi connectivity index (χ1) is 11.3. The van der Waals surface area contributed by atoms with Gasteiger partial charge in [0.25, 0.3) is 0 Å². The van der Waals surface area contributed by atoms with Gasteiger partial charge < -0.3 is 19.1 Å². The van der Waals surface area contributed by atoms with E-state index in [9.17, 15) is 0 Å². The molecule has 0 saturated carbocycles. The van der Waals surface area contributed by atoms with Crippen molar-refractivity contribution >= 4 is 0 Å². The lowest BCUT2D eigenvalue weighted by Gasteiger charge is -2.13. The second-order valence-electron chi connectivity index (χ2n) is 5.46. The van der Waals surface area contributed by atoms with Gasteiger partial charge in [0.1, 0.15) is 0 Å². The molecule has 0 radical (unpaired) electrons. The van der Waals surface area contributed by atoms with Crippen molar-refractivity contribution in [1.29, 1.82) is 0 Å². The van der Waals surface area contributed by atoms with E-state index in [0.29, 0.717) is 26.4 Å². The average molecular weight is 328 g/mol. The Labute approximate surface area is 139 Å². The molecule has 1 heterocycles. The Kier molecular flexibility index (Phi) is 11.7. The molecular formula is C16H32N4O3. The van der Waals surface area contributed by atoms with Crippen LogP contribution < -0.4 is 0 Å². The molecule has 0 atom stereocenters. The normalized spacial score (nSPS) is 11.5. The molecule has 7 heteroatoms. The molecular weight excluding hydrogens is 296 g/mol. The standard InChI is InChI=1S/C16H32N4O3/c1-4-9-21-12-8-20-15-16(17-18-20)6-10-22-13-14-23-11-7-19(3)5-2/h15H,4-14H2,1-3H3. The van der Waals surface area contributed by atoms with Crippen LogP contribution >= 0.6 is 0 Å². The maximum absolute atomic E-state index is 5.55. The minimum absolute atomic E-state index is 0.620. The summed E-state index contributed by atoms with van der Waals surface area (Å²) in [5, 5.41) is 8.21. The van der Waals surface area contributed by atoms with Crippen LogP contribution in [-0.2, 0) is 27.2 Å². The fraction of sp³-hybridized carbons (Fsp3) is 0.875. The second kappa shape index (κ2) is 13.4. The molecule has 1 rings (SSSR count). The Bertz CT molecular complexity index is 387. The van der Waals surface area contributed by atoms with Gasteiger partial charge in [-0.15, -0.1) is 5.10 Å². The van der Waals surface area contributed by atoms with Crippen LogP contribution in [0.2, 0.25) is 0 Å². The summed E-state index contributed by atoms with van der Waals surface area (Å²) < 4.78 is 18.3. The molecule has 0 aromatic carbocycles. The molecule has 7 nitrogen and oxygen atoms in total. The van der Waals surface area contributed by atoms with E-state index >= 15 is 0 Å². The van der Waals surface area contributed by atoms with E-state index < -0.39 is 0 Å². The Morgan fingerprint density at radius 1 is 1.00 bits per heavy atom. The van der Waals surface area contributed by atoms with Crippen molar-refractivity contribution in [3.63, 3.8) is 0 Å². The highest BCUT2D eigenvalue weighted by Crippen LogP contribution is 1.96. The summed E-state index contributed by atoms with van der Waals surface area (Å²) in [5.74, 6) is 0. The zero-order chi connectivity index (χ0) is 16.8. The highest BCUT2D eigenvalue weighted by molar-refractivity contribution is 4.92. The lowest BCUT2D eigenvalue weighted by atomic mass is 10.3. The molecule has 0 bridgehead atoms. The number of hydrogen-bond donors (Lipinski definition) is 0. The minimum Gasteiger partial charge on any atom is -0.380 e. The third kappa shape index (κ3) is 10.4. The number of ether oxygens (including phenoxy) is 3. The SMILES string of the molecule is CCCOCCn1cc(CCOCCOCCN(C)CC)nn1. The van der Waals surface area contributed by atoms with Crippen molar-refractivity contribution in [3.8, 4) is 0 Å². The molecule has 23 heavy (non-hydrogen) atoms. The first kappa shape index (κ1) is 20.0. The van der Waals surface area contributed by atoms with Gasteiger partial charge in [-0.25, -0.2) is 4.68 Å². The maximum atomic E-state index is 5.55. The predicted molar refractivity (Wildman–Crippen MR) is 89.6 cm³/mol. The topological polar surface area (TPSA) is 61.6 Å². The average Bonchev–Trinajstić information content (AvgIpc) is 3.01. The smallest absolute Gasteiger partial charge is 0.0850 e. The summed E-state index contributed by atoms with van der Waals surface area (Å²) in [4.78, 5) is 2.22. The van der Waals surface area contributed by atoms with E-state index in [0.717, 1.165) is 51.4 Å². The number of aromatic nitrogens is 3. The van der Waals surface area contributed by atoms with Gasteiger partial charge in [0.05, 0.1) is 45.3 Å². The van der Waals surface area contributed by atoms with Crippen molar-refractivity contribution < 1.29 is 14.2 Å². The van der Waals surface area contributed by atoms with E-state index in [4.69, 9.17) is 14.2 Å². The lowest BCUT2D eigenvalue weighted by molar-refractivity contribution is 0.0421. The molecule has 134 valence electrons. The maximum Gasteiger partial charge on any atom is 0.0850 e. The third-order valence-electron chi connectivity index (χ3n) is 3.43. The Hall–Kier alpha value is -1.02. The minimum atomic E-state index is 0.620. The Morgan fingerprint density at radius 2 is 1.74 bits per heavy atom. The predicted octanol–water partition coefficient (Wildman–Crippen LogP) is 1.23. The highest BCUT2D eigenvalue weighted by Gasteiger charge is 2.01. The molecule has 0 saturated heterocycles.